The lowest BCUT2D eigenvalue weighted by molar-refractivity contribution is 0.0615. The third-order valence-corrected chi connectivity index (χ3v) is 1.24. The second-order valence-corrected chi connectivity index (χ2v) is 2.23. The molecule has 0 heterocycles. The zero-order valence-corrected chi connectivity index (χ0v) is 5.44. The molecule has 0 saturated carbocycles. The molecular weight excluding hydrogens is 100 g/mol. The van der Waals surface area contributed by atoms with E-state index in [-0.39, 0.29) is 0 Å². The average molecular weight is 112 g/mol. The quantitative estimate of drug-likeness (QED) is 0.532. The first-order valence-corrected chi connectivity index (χ1v) is 2.78. The molecule has 0 radical (unpaired) electrons. The highest BCUT2D eigenvalue weighted by Crippen LogP contribution is 2.11. The molecule has 0 aliphatic carbocycles. The first-order valence-electron chi connectivity index (χ1n) is 2.78. The fraction of sp³-hybridized carbons (Fsp3) is 0.714. The van der Waals surface area contributed by atoms with E-state index in [2.05, 4.69) is 5.92 Å². The first kappa shape index (κ1) is 7.52. The molecule has 1 atom stereocenters. The Bertz CT molecular complexity index is 97.4. The van der Waals surface area contributed by atoms with E-state index in [4.69, 9.17) is 6.42 Å². The number of rotatable bonds is 2. The normalized spacial score (nSPS) is 16.8. The van der Waals surface area contributed by atoms with Crippen LogP contribution in [0, 0.1) is 12.3 Å². The minimum atomic E-state index is -0.644. The van der Waals surface area contributed by atoms with Crippen LogP contribution in [0.2, 0.25) is 0 Å². The largest absolute Gasteiger partial charge is 0.389 e. The highest BCUT2D eigenvalue weighted by molar-refractivity contribution is 4.92. The fourth-order valence-corrected chi connectivity index (χ4v) is 0.345. The van der Waals surface area contributed by atoms with E-state index in [1.807, 2.05) is 6.92 Å². The average Bonchev–Trinajstić information content (AvgIpc) is 1.67. The van der Waals surface area contributed by atoms with Crippen molar-refractivity contribution in [3.05, 3.63) is 0 Å². The van der Waals surface area contributed by atoms with Gasteiger partial charge >= 0.3 is 0 Å². The predicted octanol–water partition coefficient (Wildman–Crippen LogP) is 1.17. The van der Waals surface area contributed by atoms with E-state index in [9.17, 15) is 5.11 Å². The highest BCUT2D eigenvalue weighted by atomic mass is 16.3. The van der Waals surface area contributed by atoms with Crippen LogP contribution in [0.1, 0.15) is 26.7 Å². The number of terminal acetylenes is 1. The third kappa shape index (κ3) is 2.65. The van der Waals surface area contributed by atoms with Crippen molar-refractivity contribution in [2.24, 2.45) is 0 Å². The summed E-state index contributed by atoms with van der Waals surface area (Å²) in [5.74, 6) is 2.41. The van der Waals surface area contributed by atoms with E-state index in [1.165, 1.54) is 0 Å². The van der Waals surface area contributed by atoms with Crippen molar-refractivity contribution < 1.29 is 5.11 Å². The lowest BCUT2D eigenvalue weighted by Gasteiger charge is -2.16. The lowest BCUT2D eigenvalue weighted by Crippen LogP contribution is -2.21. The van der Waals surface area contributed by atoms with Crippen molar-refractivity contribution in [2.75, 3.05) is 0 Å². The minimum Gasteiger partial charge on any atom is -0.389 e. The molecule has 0 aliphatic rings. The van der Waals surface area contributed by atoms with Gasteiger partial charge in [0.1, 0.15) is 0 Å². The maximum atomic E-state index is 9.18. The second kappa shape index (κ2) is 2.74. The van der Waals surface area contributed by atoms with Gasteiger partial charge in [0.05, 0.1) is 5.60 Å². The number of aliphatic hydroxyl groups is 1. The Morgan fingerprint density at radius 2 is 2.25 bits per heavy atom. The van der Waals surface area contributed by atoms with Crippen molar-refractivity contribution in [1.82, 2.24) is 0 Å². The molecule has 0 bridgehead atoms. The standard InChI is InChI=1S/C7H12O/c1-4-6-7(3,8)5-2/h1,8H,5-6H2,2-3H3/t7-/m0/s1. The van der Waals surface area contributed by atoms with E-state index in [0.29, 0.717) is 6.42 Å². The zero-order chi connectivity index (χ0) is 6.62. The van der Waals surface area contributed by atoms with Gasteiger partial charge in [0.2, 0.25) is 0 Å². The van der Waals surface area contributed by atoms with Crippen LogP contribution in [0.3, 0.4) is 0 Å². The summed E-state index contributed by atoms with van der Waals surface area (Å²) < 4.78 is 0. The van der Waals surface area contributed by atoms with Gasteiger partial charge < -0.3 is 5.11 Å². The smallest absolute Gasteiger partial charge is 0.0725 e. The molecule has 0 amide bonds. The van der Waals surface area contributed by atoms with Gasteiger partial charge in [-0.05, 0) is 13.3 Å². The van der Waals surface area contributed by atoms with Gasteiger partial charge in [-0.1, -0.05) is 6.92 Å². The molecule has 0 spiro atoms. The summed E-state index contributed by atoms with van der Waals surface area (Å²) in [6, 6.07) is 0. The van der Waals surface area contributed by atoms with Gasteiger partial charge in [-0.3, -0.25) is 0 Å². The fourth-order valence-electron chi connectivity index (χ4n) is 0.345. The van der Waals surface area contributed by atoms with Gasteiger partial charge in [-0.15, -0.1) is 12.3 Å². The summed E-state index contributed by atoms with van der Waals surface area (Å²) in [5, 5.41) is 9.18. The molecule has 0 aromatic carbocycles. The van der Waals surface area contributed by atoms with Crippen LogP contribution < -0.4 is 0 Å². The predicted molar refractivity (Wildman–Crippen MR) is 34.4 cm³/mol. The summed E-state index contributed by atoms with van der Waals surface area (Å²) in [6.45, 7) is 3.66. The Kier molecular flexibility index (Phi) is 2.57. The maximum Gasteiger partial charge on any atom is 0.0725 e. The molecule has 0 aromatic rings. The van der Waals surface area contributed by atoms with Crippen LogP contribution in [0.15, 0.2) is 0 Å². The van der Waals surface area contributed by atoms with Gasteiger partial charge in [0, 0.05) is 6.42 Å². The summed E-state index contributed by atoms with van der Waals surface area (Å²) in [6.07, 6.45) is 6.15. The molecule has 0 unspecified atom stereocenters. The number of hydrogen-bond acceptors (Lipinski definition) is 1. The lowest BCUT2D eigenvalue weighted by atomic mass is 10.0. The van der Waals surface area contributed by atoms with E-state index >= 15 is 0 Å². The Labute approximate surface area is 50.7 Å². The summed E-state index contributed by atoms with van der Waals surface area (Å²) >= 11 is 0. The van der Waals surface area contributed by atoms with E-state index in [0.717, 1.165) is 6.42 Å². The molecule has 0 aliphatic heterocycles. The summed E-state index contributed by atoms with van der Waals surface area (Å²) in [7, 11) is 0. The monoisotopic (exact) mass is 112 g/mol. The van der Waals surface area contributed by atoms with Crippen molar-refractivity contribution in [2.45, 2.75) is 32.3 Å². The molecule has 1 heteroatoms. The molecule has 0 rings (SSSR count). The van der Waals surface area contributed by atoms with Gasteiger partial charge in [0.15, 0.2) is 0 Å². The topological polar surface area (TPSA) is 20.2 Å². The minimum absolute atomic E-state index is 0.448. The van der Waals surface area contributed by atoms with Gasteiger partial charge in [-0.2, -0.15) is 0 Å². The Morgan fingerprint density at radius 3 is 2.38 bits per heavy atom. The Balaban J connectivity index is 3.58. The van der Waals surface area contributed by atoms with Crippen LogP contribution in [-0.4, -0.2) is 10.7 Å². The van der Waals surface area contributed by atoms with E-state index in [1.54, 1.807) is 6.92 Å². The first-order chi connectivity index (χ1) is 3.62. The molecule has 8 heavy (non-hydrogen) atoms. The van der Waals surface area contributed by atoms with Crippen LogP contribution in [0.5, 0.6) is 0 Å². The van der Waals surface area contributed by atoms with E-state index < -0.39 is 5.60 Å². The third-order valence-electron chi connectivity index (χ3n) is 1.24. The van der Waals surface area contributed by atoms with Gasteiger partial charge in [-0.25, -0.2) is 0 Å². The molecule has 0 fully saturated rings. The molecule has 46 valence electrons. The van der Waals surface area contributed by atoms with Gasteiger partial charge in [0.25, 0.3) is 0 Å². The van der Waals surface area contributed by atoms with Crippen LogP contribution >= 0.6 is 0 Å². The van der Waals surface area contributed by atoms with Crippen molar-refractivity contribution >= 4 is 0 Å². The van der Waals surface area contributed by atoms with Crippen LogP contribution in [0.4, 0.5) is 0 Å². The second-order valence-electron chi connectivity index (χ2n) is 2.23. The Morgan fingerprint density at radius 1 is 1.75 bits per heavy atom. The summed E-state index contributed by atoms with van der Waals surface area (Å²) in [5.41, 5.74) is -0.644. The Hall–Kier alpha value is -0.480. The SMILES string of the molecule is C#CC[C@@](C)(O)CC. The maximum absolute atomic E-state index is 9.18. The van der Waals surface area contributed by atoms with Crippen LogP contribution in [0.25, 0.3) is 0 Å². The molecular formula is C7H12O. The molecule has 0 aromatic heterocycles. The zero-order valence-electron chi connectivity index (χ0n) is 5.44. The highest BCUT2D eigenvalue weighted by Gasteiger charge is 2.14. The van der Waals surface area contributed by atoms with Crippen molar-refractivity contribution in [3.63, 3.8) is 0 Å². The molecule has 0 saturated heterocycles. The van der Waals surface area contributed by atoms with Crippen molar-refractivity contribution in [1.29, 1.82) is 0 Å². The summed E-state index contributed by atoms with van der Waals surface area (Å²) in [4.78, 5) is 0. The van der Waals surface area contributed by atoms with Crippen molar-refractivity contribution in [3.8, 4) is 12.3 Å². The molecule has 1 N–H and O–H groups in total. The number of hydrogen-bond donors (Lipinski definition) is 1. The molecule has 1 nitrogen and oxygen atoms in total. The van der Waals surface area contributed by atoms with Crippen LogP contribution in [-0.2, 0) is 0 Å².